The third-order valence-electron chi connectivity index (χ3n) is 5.33. The molecule has 0 aliphatic carbocycles. The Bertz CT molecular complexity index is 796. The SMILES string of the molecule is CC1(C)OB(c2cc(OCc3ccccc3)ccc2C(F)C(F)F)OC1(C)C. The molecular weight excluding hydrogens is 368 g/mol. The maximum Gasteiger partial charge on any atom is 0.495 e. The predicted molar refractivity (Wildman–Crippen MR) is 103 cm³/mol. The van der Waals surface area contributed by atoms with Crippen molar-refractivity contribution in [1.82, 2.24) is 0 Å². The van der Waals surface area contributed by atoms with Crippen LogP contribution in [0.5, 0.6) is 5.75 Å². The second-order valence-corrected chi connectivity index (χ2v) is 7.89. The zero-order valence-corrected chi connectivity index (χ0v) is 16.4. The molecule has 2 aromatic carbocycles. The van der Waals surface area contributed by atoms with Gasteiger partial charge in [-0.05, 0) is 56.4 Å². The van der Waals surface area contributed by atoms with Crippen molar-refractivity contribution in [2.45, 2.75) is 58.1 Å². The van der Waals surface area contributed by atoms with Crippen LogP contribution in [0, 0.1) is 0 Å². The number of ether oxygens (including phenoxy) is 1. The van der Waals surface area contributed by atoms with Crippen LogP contribution >= 0.6 is 0 Å². The minimum absolute atomic E-state index is 0.152. The van der Waals surface area contributed by atoms with E-state index < -0.39 is 30.9 Å². The van der Waals surface area contributed by atoms with Gasteiger partial charge in [-0.2, -0.15) is 0 Å². The molecule has 28 heavy (non-hydrogen) atoms. The number of hydrogen-bond acceptors (Lipinski definition) is 3. The Morgan fingerprint density at radius 3 is 2.11 bits per heavy atom. The Labute approximate surface area is 163 Å². The molecule has 0 bridgehead atoms. The van der Waals surface area contributed by atoms with Gasteiger partial charge in [0.05, 0.1) is 11.2 Å². The average Bonchev–Trinajstić information content (AvgIpc) is 2.87. The predicted octanol–water partition coefficient (Wildman–Crippen LogP) is 4.84. The number of hydrogen-bond donors (Lipinski definition) is 0. The van der Waals surface area contributed by atoms with Gasteiger partial charge in [0, 0.05) is 0 Å². The van der Waals surface area contributed by atoms with Crippen LogP contribution in [0.25, 0.3) is 0 Å². The third kappa shape index (κ3) is 4.20. The summed E-state index contributed by atoms with van der Waals surface area (Å²) < 4.78 is 58.0. The van der Waals surface area contributed by atoms with Crippen molar-refractivity contribution < 1.29 is 27.2 Å². The molecule has 150 valence electrons. The van der Waals surface area contributed by atoms with E-state index in [-0.39, 0.29) is 11.0 Å². The molecule has 2 aromatic rings. The maximum absolute atomic E-state index is 14.2. The molecule has 1 atom stereocenters. The van der Waals surface area contributed by atoms with Gasteiger partial charge in [0.2, 0.25) is 0 Å². The van der Waals surface area contributed by atoms with Gasteiger partial charge in [0.25, 0.3) is 6.43 Å². The molecule has 1 aliphatic rings. The first kappa shape index (κ1) is 20.7. The third-order valence-corrected chi connectivity index (χ3v) is 5.33. The molecule has 1 unspecified atom stereocenters. The molecule has 0 spiro atoms. The Balaban J connectivity index is 1.90. The first-order valence-electron chi connectivity index (χ1n) is 9.19. The van der Waals surface area contributed by atoms with Gasteiger partial charge >= 0.3 is 7.12 Å². The lowest BCUT2D eigenvalue weighted by Gasteiger charge is -2.32. The summed E-state index contributed by atoms with van der Waals surface area (Å²) in [5.41, 5.74) is -0.323. The Morgan fingerprint density at radius 2 is 1.54 bits per heavy atom. The minimum Gasteiger partial charge on any atom is -0.489 e. The second-order valence-electron chi connectivity index (χ2n) is 7.89. The van der Waals surface area contributed by atoms with Crippen molar-refractivity contribution in [2.75, 3.05) is 0 Å². The number of rotatable bonds is 6. The van der Waals surface area contributed by atoms with Crippen LogP contribution in [0.3, 0.4) is 0 Å². The summed E-state index contributed by atoms with van der Waals surface area (Å²) in [5.74, 6) is 0.429. The highest BCUT2D eigenvalue weighted by molar-refractivity contribution is 6.62. The van der Waals surface area contributed by atoms with E-state index in [1.165, 1.54) is 18.2 Å². The smallest absolute Gasteiger partial charge is 0.489 e. The quantitative estimate of drug-likeness (QED) is 0.659. The minimum atomic E-state index is -3.14. The van der Waals surface area contributed by atoms with Crippen LogP contribution in [0.15, 0.2) is 48.5 Å². The topological polar surface area (TPSA) is 27.7 Å². The van der Waals surface area contributed by atoms with E-state index in [2.05, 4.69) is 0 Å². The van der Waals surface area contributed by atoms with Crippen molar-refractivity contribution in [1.29, 1.82) is 0 Å². The van der Waals surface area contributed by atoms with Crippen molar-refractivity contribution in [3.63, 3.8) is 0 Å². The van der Waals surface area contributed by atoms with Gasteiger partial charge < -0.3 is 14.0 Å². The largest absolute Gasteiger partial charge is 0.495 e. The van der Waals surface area contributed by atoms with Gasteiger partial charge in [-0.15, -0.1) is 0 Å². The van der Waals surface area contributed by atoms with Crippen LogP contribution in [0.4, 0.5) is 13.2 Å². The highest BCUT2D eigenvalue weighted by Crippen LogP contribution is 2.38. The van der Waals surface area contributed by atoms with E-state index in [9.17, 15) is 13.2 Å². The lowest BCUT2D eigenvalue weighted by atomic mass is 9.74. The molecule has 7 heteroatoms. The highest BCUT2D eigenvalue weighted by atomic mass is 19.3. The summed E-state index contributed by atoms with van der Waals surface area (Å²) in [6, 6.07) is 13.9. The fraction of sp³-hybridized carbons (Fsp3) is 0.429. The highest BCUT2D eigenvalue weighted by Gasteiger charge is 2.52. The molecule has 1 fully saturated rings. The molecule has 0 saturated carbocycles. The normalized spacial score (nSPS) is 19.1. The van der Waals surface area contributed by atoms with E-state index >= 15 is 0 Å². The van der Waals surface area contributed by atoms with Crippen LogP contribution in [0.1, 0.15) is 45.0 Å². The van der Waals surface area contributed by atoms with Gasteiger partial charge in [-0.25, -0.2) is 13.2 Å². The molecule has 0 N–H and O–H groups in total. The van der Waals surface area contributed by atoms with E-state index in [0.717, 1.165) is 5.56 Å². The molecule has 3 rings (SSSR count). The van der Waals surface area contributed by atoms with E-state index in [0.29, 0.717) is 12.4 Å². The lowest BCUT2D eigenvalue weighted by molar-refractivity contribution is 0.00578. The van der Waals surface area contributed by atoms with Crippen molar-refractivity contribution in [2.24, 2.45) is 0 Å². The molecule has 3 nitrogen and oxygen atoms in total. The standard InChI is InChI=1S/C21H24BF3O3/c1-20(2)21(3,4)28-22(27-20)17-12-15(10-11-16(17)18(23)19(24)25)26-13-14-8-6-5-7-9-14/h5-12,18-19H,13H2,1-4H3. The van der Waals surface area contributed by atoms with E-state index in [1.807, 2.05) is 58.0 Å². The summed E-state index contributed by atoms with van der Waals surface area (Å²) in [4.78, 5) is 0. The van der Waals surface area contributed by atoms with Crippen LogP contribution < -0.4 is 10.2 Å². The van der Waals surface area contributed by atoms with Crippen LogP contribution in [-0.2, 0) is 15.9 Å². The Kier molecular flexibility index (Phi) is 5.78. The molecule has 1 saturated heterocycles. The molecule has 1 heterocycles. The Morgan fingerprint density at radius 1 is 0.929 bits per heavy atom. The first-order valence-corrected chi connectivity index (χ1v) is 9.19. The fourth-order valence-electron chi connectivity index (χ4n) is 2.94. The van der Waals surface area contributed by atoms with Crippen molar-refractivity contribution >= 4 is 12.6 Å². The fourth-order valence-corrected chi connectivity index (χ4v) is 2.94. The Hall–Kier alpha value is -1.99. The first-order chi connectivity index (χ1) is 13.1. The number of alkyl halides is 3. The maximum atomic E-state index is 14.2. The van der Waals surface area contributed by atoms with Crippen LogP contribution in [-0.4, -0.2) is 24.7 Å². The summed E-state index contributed by atoms with van der Waals surface area (Å²) in [6.45, 7) is 7.70. The van der Waals surface area contributed by atoms with Crippen LogP contribution in [0.2, 0.25) is 0 Å². The number of benzene rings is 2. The molecule has 0 aromatic heterocycles. The van der Waals surface area contributed by atoms with E-state index in [4.69, 9.17) is 14.0 Å². The summed E-state index contributed by atoms with van der Waals surface area (Å²) >= 11 is 0. The molecule has 0 radical (unpaired) electrons. The molecule has 1 aliphatic heterocycles. The molecule has 0 amide bonds. The van der Waals surface area contributed by atoms with Crippen molar-refractivity contribution in [3.8, 4) is 5.75 Å². The summed E-state index contributed by atoms with van der Waals surface area (Å²) in [5, 5.41) is 0. The van der Waals surface area contributed by atoms with Gasteiger partial charge in [-0.1, -0.05) is 36.4 Å². The zero-order chi connectivity index (χ0) is 20.5. The van der Waals surface area contributed by atoms with E-state index in [1.54, 1.807) is 0 Å². The molecular formula is C21H24BF3O3. The zero-order valence-electron chi connectivity index (χ0n) is 16.4. The summed E-state index contributed by atoms with van der Waals surface area (Å²) in [7, 11) is -0.961. The lowest BCUT2D eigenvalue weighted by Crippen LogP contribution is -2.41. The average molecular weight is 392 g/mol. The summed E-state index contributed by atoms with van der Waals surface area (Å²) in [6.07, 6.45) is -5.57. The second kappa shape index (κ2) is 7.80. The van der Waals surface area contributed by atoms with Gasteiger partial charge in [0.15, 0.2) is 6.17 Å². The van der Waals surface area contributed by atoms with Crippen molar-refractivity contribution in [3.05, 3.63) is 59.7 Å². The van der Waals surface area contributed by atoms with Gasteiger partial charge in [0.1, 0.15) is 12.4 Å². The van der Waals surface area contributed by atoms with Gasteiger partial charge in [-0.3, -0.25) is 0 Å². The monoisotopic (exact) mass is 392 g/mol. The number of halogens is 3.